The maximum Gasteiger partial charge on any atom is 0.411 e. The van der Waals surface area contributed by atoms with E-state index in [9.17, 15) is 19.1 Å². The number of benzene rings is 2. The third-order valence-electron chi connectivity index (χ3n) is 6.81. The van der Waals surface area contributed by atoms with E-state index in [-0.39, 0.29) is 18.1 Å². The van der Waals surface area contributed by atoms with Crippen LogP contribution in [0, 0.1) is 0 Å². The Labute approximate surface area is 230 Å². The highest BCUT2D eigenvalue weighted by Crippen LogP contribution is 2.34. The molecular formula is C26H21ClFN9O3. The quantitative estimate of drug-likeness (QED) is 0.304. The molecule has 0 fully saturated rings. The molecular weight excluding hydrogens is 541 g/mol. The third-order valence-corrected chi connectivity index (χ3v) is 7.05. The minimum absolute atomic E-state index is 0.193. The predicted molar refractivity (Wildman–Crippen MR) is 143 cm³/mol. The van der Waals surface area contributed by atoms with Gasteiger partial charge in [-0.15, -0.1) is 15.3 Å². The van der Waals surface area contributed by atoms with Crippen molar-refractivity contribution in [2.24, 2.45) is 0 Å². The molecule has 3 aromatic heterocycles. The van der Waals surface area contributed by atoms with E-state index in [1.807, 2.05) is 6.07 Å². The zero-order valence-corrected chi connectivity index (χ0v) is 21.5. The first-order valence-electron chi connectivity index (χ1n) is 12.3. The summed E-state index contributed by atoms with van der Waals surface area (Å²) < 4.78 is 16.0. The van der Waals surface area contributed by atoms with Crippen LogP contribution in [0.1, 0.15) is 24.0 Å². The molecule has 5 aromatic rings. The SMILES string of the molecule is O=C(O)N(CCF)c1ccc(-c2nnc([C@@H]3CCc4cc(-c5cc(Cl)ccc5-n5cnnn5)cc(=O)n43)[nH]2)cc1. The number of amides is 1. The number of carboxylic acid groups (broad SMARTS) is 1. The van der Waals surface area contributed by atoms with Gasteiger partial charge >= 0.3 is 6.09 Å². The number of anilines is 1. The van der Waals surface area contributed by atoms with Crippen molar-refractivity contribution in [2.45, 2.75) is 18.9 Å². The number of aryl methyl sites for hydroxylation is 1. The van der Waals surface area contributed by atoms with E-state index < -0.39 is 12.8 Å². The van der Waals surface area contributed by atoms with Crippen LogP contribution >= 0.6 is 11.6 Å². The van der Waals surface area contributed by atoms with Crippen LogP contribution in [0.15, 0.2) is 65.7 Å². The smallest absolute Gasteiger partial charge is 0.411 e. The molecule has 4 heterocycles. The van der Waals surface area contributed by atoms with Crippen molar-refractivity contribution in [3.05, 3.63) is 87.8 Å². The molecule has 0 spiro atoms. The van der Waals surface area contributed by atoms with Gasteiger partial charge in [-0.3, -0.25) is 9.69 Å². The summed E-state index contributed by atoms with van der Waals surface area (Å²) >= 11 is 6.29. The number of rotatable bonds is 7. The average molecular weight is 562 g/mol. The van der Waals surface area contributed by atoms with Crippen molar-refractivity contribution < 1.29 is 14.3 Å². The van der Waals surface area contributed by atoms with E-state index in [2.05, 4.69) is 30.7 Å². The average Bonchev–Trinajstić information content (AvgIpc) is 3.73. The summed E-state index contributed by atoms with van der Waals surface area (Å²) in [5.74, 6) is 1.01. The number of aromatic amines is 1. The fourth-order valence-electron chi connectivity index (χ4n) is 4.99. The molecule has 1 amide bonds. The van der Waals surface area contributed by atoms with E-state index in [4.69, 9.17) is 11.6 Å². The van der Waals surface area contributed by atoms with Crippen LogP contribution in [0.4, 0.5) is 14.9 Å². The Hall–Kier alpha value is -4.91. The minimum atomic E-state index is -1.23. The zero-order chi connectivity index (χ0) is 27.8. The third kappa shape index (κ3) is 4.60. The number of nitrogens with one attached hydrogen (secondary N) is 1. The summed E-state index contributed by atoms with van der Waals surface area (Å²) in [5.41, 5.74) is 3.79. The number of fused-ring (bicyclic) bond motifs is 1. The molecule has 0 bridgehead atoms. The lowest BCUT2D eigenvalue weighted by Crippen LogP contribution is -2.31. The molecule has 0 aliphatic carbocycles. The molecule has 1 aliphatic rings. The van der Waals surface area contributed by atoms with E-state index in [0.717, 1.165) is 16.2 Å². The molecule has 0 unspecified atom stereocenters. The van der Waals surface area contributed by atoms with Gasteiger partial charge in [-0.1, -0.05) is 11.6 Å². The highest BCUT2D eigenvalue weighted by atomic mass is 35.5. The molecule has 202 valence electrons. The van der Waals surface area contributed by atoms with Gasteiger partial charge in [0.15, 0.2) is 11.6 Å². The molecule has 1 atom stereocenters. The van der Waals surface area contributed by atoms with Gasteiger partial charge in [0.25, 0.3) is 5.56 Å². The van der Waals surface area contributed by atoms with Crippen LogP contribution < -0.4 is 10.5 Å². The number of H-pyrrole nitrogens is 1. The molecule has 40 heavy (non-hydrogen) atoms. The van der Waals surface area contributed by atoms with Crippen molar-refractivity contribution >= 4 is 23.4 Å². The van der Waals surface area contributed by atoms with Gasteiger partial charge in [0.05, 0.1) is 18.3 Å². The first-order valence-corrected chi connectivity index (χ1v) is 12.7. The number of alkyl halides is 1. The standard InChI is InChI=1S/C26H21ClFN9O3/c27-17-3-7-21(36-14-29-33-34-36)20(13-17)16-11-19-6-8-22(37(19)23(38)12-16)25-30-24(31-32-25)15-1-4-18(5-2-15)35(10-9-28)26(39)40/h1-5,7,11-14,22H,6,8-10H2,(H,39,40)(H,30,31,32)/t22-/m0/s1. The highest BCUT2D eigenvalue weighted by Gasteiger charge is 2.29. The fourth-order valence-corrected chi connectivity index (χ4v) is 5.17. The fraction of sp³-hybridized carbons (Fsp3) is 0.192. The summed E-state index contributed by atoms with van der Waals surface area (Å²) in [6.45, 7) is -1.04. The lowest BCUT2D eigenvalue weighted by Gasteiger charge is -2.17. The van der Waals surface area contributed by atoms with Crippen LogP contribution in [-0.4, -0.2) is 64.4 Å². The van der Waals surface area contributed by atoms with Crippen LogP contribution in [0.25, 0.3) is 28.2 Å². The molecule has 12 nitrogen and oxygen atoms in total. The number of hydrogen-bond donors (Lipinski definition) is 2. The van der Waals surface area contributed by atoms with Crippen molar-refractivity contribution in [3.8, 4) is 28.2 Å². The number of halogens is 2. The van der Waals surface area contributed by atoms with Crippen molar-refractivity contribution in [3.63, 3.8) is 0 Å². The largest absolute Gasteiger partial charge is 0.465 e. The van der Waals surface area contributed by atoms with Gasteiger partial charge in [-0.25, -0.2) is 9.18 Å². The summed E-state index contributed by atoms with van der Waals surface area (Å²) in [6, 6.07) is 15.0. The van der Waals surface area contributed by atoms with Gasteiger partial charge in [0, 0.05) is 33.6 Å². The van der Waals surface area contributed by atoms with Crippen molar-refractivity contribution in [1.29, 1.82) is 0 Å². The Morgan fingerprint density at radius 2 is 1.95 bits per heavy atom. The first-order chi connectivity index (χ1) is 19.4. The van der Waals surface area contributed by atoms with Crippen molar-refractivity contribution in [1.82, 2.24) is 40.0 Å². The summed E-state index contributed by atoms with van der Waals surface area (Å²) in [7, 11) is 0. The number of hydrogen-bond acceptors (Lipinski definition) is 7. The number of carbonyl (C=O) groups is 1. The Balaban J connectivity index is 1.29. The molecule has 1 aliphatic heterocycles. The number of nitrogens with zero attached hydrogens (tertiary/aromatic N) is 8. The van der Waals surface area contributed by atoms with E-state index in [1.165, 1.54) is 11.0 Å². The number of aromatic nitrogens is 8. The van der Waals surface area contributed by atoms with Gasteiger partial charge < -0.3 is 14.7 Å². The number of tetrazole rings is 1. The molecule has 6 rings (SSSR count). The molecule has 0 radical (unpaired) electrons. The molecule has 2 N–H and O–H groups in total. The van der Waals surface area contributed by atoms with Gasteiger partial charge in [0.2, 0.25) is 0 Å². The van der Waals surface area contributed by atoms with E-state index in [1.54, 1.807) is 53.1 Å². The molecule has 14 heteroatoms. The Morgan fingerprint density at radius 1 is 1.12 bits per heavy atom. The molecule has 2 aromatic carbocycles. The van der Waals surface area contributed by atoms with Crippen molar-refractivity contribution in [2.75, 3.05) is 18.1 Å². The van der Waals surface area contributed by atoms with Crippen LogP contribution in [-0.2, 0) is 6.42 Å². The Bertz CT molecular complexity index is 1750. The second kappa shape index (κ2) is 10.3. The predicted octanol–water partition coefficient (Wildman–Crippen LogP) is 3.92. The van der Waals surface area contributed by atoms with Crippen LogP contribution in [0.5, 0.6) is 0 Å². The maximum atomic E-state index is 13.4. The Morgan fingerprint density at radius 3 is 2.67 bits per heavy atom. The van der Waals surface area contributed by atoms with E-state index >= 15 is 0 Å². The maximum absolute atomic E-state index is 13.4. The lowest BCUT2D eigenvalue weighted by atomic mass is 10.0. The second-order valence-corrected chi connectivity index (χ2v) is 9.58. The first kappa shape index (κ1) is 25.4. The summed E-state index contributed by atoms with van der Waals surface area (Å²) in [4.78, 5) is 28.9. The van der Waals surface area contributed by atoms with Crippen LogP contribution in [0.3, 0.4) is 0 Å². The second-order valence-electron chi connectivity index (χ2n) is 9.14. The number of pyridine rings is 1. The zero-order valence-electron chi connectivity index (χ0n) is 20.8. The van der Waals surface area contributed by atoms with Crippen LogP contribution in [0.2, 0.25) is 5.02 Å². The van der Waals surface area contributed by atoms with E-state index in [0.29, 0.717) is 52.0 Å². The lowest BCUT2D eigenvalue weighted by molar-refractivity contribution is 0.201. The highest BCUT2D eigenvalue weighted by molar-refractivity contribution is 6.31. The molecule has 0 saturated carbocycles. The topological polar surface area (TPSA) is 148 Å². The summed E-state index contributed by atoms with van der Waals surface area (Å²) in [5, 5.41) is 29.8. The van der Waals surface area contributed by atoms with Gasteiger partial charge in [-0.05, 0) is 77.4 Å². The minimum Gasteiger partial charge on any atom is -0.465 e. The van der Waals surface area contributed by atoms with Gasteiger partial charge in [0.1, 0.15) is 13.0 Å². The Kier molecular flexibility index (Phi) is 6.56. The normalized spacial score (nSPS) is 14.3. The van der Waals surface area contributed by atoms with Gasteiger partial charge in [-0.2, -0.15) is 4.68 Å². The molecule has 0 saturated heterocycles. The summed E-state index contributed by atoms with van der Waals surface area (Å²) in [6.07, 6.45) is 1.55. The monoisotopic (exact) mass is 561 g/mol.